The molecule has 4 nitrogen and oxygen atoms in total. The van der Waals surface area contributed by atoms with Crippen LogP contribution in [0, 0.1) is 12.3 Å². The molecule has 2 N–H and O–H groups in total. The molecule has 94 valence electrons. The number of amides is 1. The van der Waals surface area contributed by atoms with Crippen LogP contribution in [-0.4, -0.2) is 21.9 Å². The summed E-state index contributed by atoms with van der Waals surface area (Å²) in [5, 5.41) is 3.08. The second kappa shape index (κ2) is 4.51. The Balaban J connectivity index is 1.88. The first-order valence-corrected chi connectivity index (χ1v) is 6.29. The van der Waals surface area contributed by atoms with E-state index in [2.05, 4.69) is 29.1 Å². The van der Waals surface area contributed by atoms with Gasteiger partial charge >= 0.3 is 0 Å². The van der Waals surface area contributed by atoms with Crippen molar-refractivity contribution in [2.75, 3.05) is 0 Å². The number of carbonyl (C=O) groups is 1. The third-order valence-electron chi connectivity index (χ3n) is 3.62. The number of nitrogens with one attached hydrogen (secondary N) is 2. The minimum absolute atomic E-state index is 0.0321. The minimum atomic E-state index is -0.0321. The molecule has 1 amide bonds. The molecule has 4 heteroatoms. The largest absolute Gasteiger partial charge is 0.348 e. The van der Waals surface area contributed by atoms with Crippen LogP contribution in [-0.2, 0) is 0 Å². The Morgan fingerprint density at radius 3 is 2.65 bits per heavy atom. The van der Waals surface area contributed by atoms with Gasteiger partial charge in [-0.3, -0.25) is 4.79 Å². The Morgan fingerprint density at radius 1 is 1.47 bits per heavy atom. The van der Waals surface area contributed by atoms with Gasteiger partial charge in [-0.25, -0.2) is 4.98 Å². The normalized spacial score (nSPS) is 20.2. The predicted molar refractivity (Wildman–Crippen MR) is 66.8 cm³/mol. The van der Waals surface area contributed by atoms with Crippen molar-refractivity contribution in [3.63, 3.8) is 0 Å². The van der Waals surface area contributed by atoms with Gasteiger partial charge < -0.3 is 10.3 Å². The summed E-state index contributed by atoms with van der Waals surface area (Å²) in [6.07, 6.45) is 6.11. The number of carbonyl (C=O) groups excluding carboxylic acids is 1. The van der Waals surface area contributed by atoms with Crippen LogP contribution in [0.3, 0.4) is 0 Å². The van der Waals surface area contributed by atoms with E-state index in [9.17, 15) is 4.79 Å². The molecular weight excluding hydrogens is 214 g/mol. The molecule has 1 fully saturated rings. The number of aromatic amines is 1. The van der Waals surface area contributed by atoms with Crippen molar-refractivity contribution in [3.8, 4) is 0 Å². The Kier molecular flexibility index (Phi) is 3.22. The average Bonchev–Trinajstić information content (AvgIpc) is 2.68. The molecule has 1 heterocycles. The lowest BCUT2D eigenvalue weighted by atomic mass is 9.75. The zero-order valence-electron chi connectivity index (χ0n) is 10.8. The van der Waals surface area contributed by atoms with E-state index in [1.807, 2.05) is 6.92 Å². The lowest BCUT2D eigenvalue weighted by molar-refractivity contribution is 0.0904. The maximum Gasteiger partial charge on any atom is 0.269 e. The standard InChI is InChI=1S/C13H21N3O/c1-9-14-8-11(15-9)12(17)16-10-4-6-13(2,3)7-5-10/h8,10H,4-7H2,1-3H3,(H,14,15)(H,16,17). The lowest BCUT2D eigenvalue weighted by Crippen LogP contribution is -2.39. The van der Waals surface area contributed by atoms with Crippen molar-refractivity contribution >= 4 is 5.91 Å². The molecule has 2 rings (SSSR count). The molecule has 0 saturated heterocycles. The second-order valence-electron chi connectivity index (χ2n) is 5.79. The maximum absolute atomic E-state index is 11.9. The fourth-order valence-corrected chi connectivity index (χ4v) is 2.34. The Hall–Kier alpha value is -1.32. The van der Waals surface area contributed by atoms with E-state index >= 15 is 0 Å². The minimum Gasteiger partial charge on any atom is -0.348 e. The monoisotopic (exact) mass is 235 g/mol. The summed E-state index contributed by atoms with van der Waals surface area (Å²) in [4.78, 5) is 18.9. The summed E-state index contributed by atoms with van der Waals surface area (Å²) in [7, 11) is 0. The summed E-state index contributed by atoms with van der Waals surface area (Å²) < 4.78 is 0. The van der Waals surface area contributed by atoms with Crippen LogP contribution >= 0.6 is 0 Å². The number of hydrogen-bond acceptors (Lipinski definition) is 2. The molecule has 0 unspecified atom stereocenters. The van der Waals surface area contributed by atoms with Gasteiger partial charge in [0.1, 0.15) is 11.5 Å². The van der Waals surface area contributed by atoms with Gasteiger partial charge in [-0.1, -0.05) is 13.8 Å². The van der Waals surface area contributed by atoms with E-state index in [-0.39, 0.29) is 5.91 Å². The van der Waals surface area contributed by atoms with E-state index in [4.69, 9.17) is 0 Å². The van der Waals surface area contributed by atoms with E-state index in [1.54, 1.807) is 6.20 Å². The summed E-state index contributed by atoms with van der Waals surface area (Å²) >= 11 is 0. The highest BCUT2D eigenvalue weighted by atomic mass is 16.1. The Bertz CT molecular complexity index is 399. The van der Waals surface area contributed by atoms with Gasteiger partial charge in [0.2, 0.25) is 0 Å². The molecule has 0 atom stereocenters. The molecule has 0 aromatic carbocycles. The van der Waals surface area contributed by atoms with E-state index in [0.717, 1.165) is 18.7 Å². The number of hydrogen-bond donors (Lipinski definition) is 2. The maximum atomic E-state index is 11.9. The first-order valence-electron chi connectivity index (χ1n) is 6.29. The van der Waals surface area contributed by atoms with Gasteiger partial charge in [0.25, 0.3) is 5.91 Å². The molecule has 1 aromatic rings. The third kappa shape index (κ3) is 3.08. The van der Waals surface area contributed by atoms with Crippen molar-refractivity contribution in [1.82, 2.24) is 15.3 Å². The zero-order valence-corrected chi connectivity index (χ0v) is 10.8. The first-order chi connectivity index (χ1) is 7.96. The van der Waals surface area contributed by atoms with Gasteiger partial charge in [-0.05, 0) is 38.0 Å². The number of rotatable bonds is 2. The van der Waals surface area contributed by atoms with E-state index in [0.29, 0.717) is 17.2 Å². The Morgan fingerprint density at radius 2 is 2.12 bits per heavy atom. The molecule has 0 bridgehead atoms. The van der Waals surface area contributed by atoms with Crippen LogP contribution in [0.4, 0.5) is 0 Å². The summed E-state index contributed by atoms with van der Waals surface area (Å²) in [6.45, 7) is 6.44. The van der Waals surface area contributed by atoms with Crippen molar-refractivity contribution in [2.45, 2.75) is 52.5 Å². The van der Waals surface area contributed by atoms with Gasteiger partial charge in [-0.15, -0.1) is 0 Å². The van der Waals surface area contributed by atoms with Crippen molar-refractivity contribution < 1.29 is 4.79 Å². The summed E-state index contributed by atoms with van der Waals surface area (Å²) in [5.74, 6) is 0.746. The molecule has 1 saturated carbocycles. The highest BCUT2D eigenvalue weighted by molar-refractivity contribution is 5.92. The molecular formula is C13H21N3O. The number of aromatic nitrogens is 2. The van der Waals surface area contributed by atoms with Crippen LogP contribution in [0.5, 0.6) is 0 Å². The first kappa shape index (κ1) is 12.1. The number of nitrogens with zero attached hydrogens (tertiary/aromatic N) is 1. The van der Waals surface area contributed by atoms with E-state index < -0.39 is 0 Å². The van der Waals surface area contributed by atoms with E-state index in [1.165, 1.54) is 12.8 Å². The fourth-order valence-electron chi connectivity index (χ4n) is 2.34. The van der Waals surface area contributed by atoms with Crippen LogP contribution in [0.2, 0.25) is 0 Å². The van der Waals surface area contributed by atoms with Crippen molar-refractivity contribution in [1.29, 1.82) is 0 Å². The fraction of sp³-hybridized carbons (Fsp3) is 0.692. The van der Waals surface area contributed by atoms with Crippen LogP contribution < -0.4 is 5.32 Å². The van der Waals surface area contributed by atoms with Gasteiger partial charge in [0.05, 0.1) is 6.20 Å². The number of aryl methyl sites for hydroxylation is 1. The lowest BCUT2D eigenvalue weighted by Gasteiger charge is -2.34. The van der Waals surface area contributed by atoms with Crippen LogP contribution in [0.25, 0.3) is 0 Å². The summed E-state index contributed by atoms with van der Waals surface area (Å²) in [6, 6.07) is 0.319. The van der Waals surface area contributed by atoms with Crippen LogP contribution in [0.15, 0.2) is 6.20 Å². The second-order valence-corrected chi connectivity index (χ2v) is 5.79. The number of H-pyrrole nitrogens is 1. The SMILES string of the molecule is Cc1ncc(C(=O)NC2CCC(C)(C)CC2)[nH]1. The van der Waals surface area contributed by atoms with Gasteiger partial charge in [0.15, 0.2) is 0 Å². The molecule has 1 aromatic heterocycles. The molecule has 0 aliphatic heterocycles. The van der Waals surface area contributed by atoms with Crippen molar-refractivity contribution in [2.24, 2.45) is 5.41 Å². The van der Waals surface area contributed by atoms with Crippen molar-refractivity contribution in [3.05, 3.63) is 17.7 Å². The third-order valence-corrected chi connectivity index (χ3v) is 3.62. The predicted octanol–water partition coefficient (Wildman–Crippen LogP) is 2.42. The molecule has 0 spiro atoms. The molecule has 0 radical (unpaired) electrons. The Labute approximate surface area is 102 Å². The molecule has 1 aliphatic rings. The van der Waals surface area contributed by atoms with Crippen LogP contribution in [0.1, 0.15) is 55.8 Å². The number of imidazole rings is 1. The molecule has 17 heavy (non-hydrogen) atoms. The van der Waals surface area contributed by atoms with Gasteiger partial charge in [-0.2, -0.15) is 0 Å². The zero-order chi connectivity index (χ0) is 12.5. The summed E-state index contributed by atoms with van der Waals surface area (Å²) in [5.41, 5.74) is 0.999. The van der Waals surface area contributed by atoms with Gasteiger partial charge in [0, 0.05) is 6.04 Å². The average molecular weight is 235 g/mol. The smallest absolute Gasteiger partial charge is 0.269 e. The quantitative estimate of drug-likeness (QED) is 0.827. The highest BCUT2D eigenvalue weighted by Gasteiger charge is 2.27. The molecule has 1 aliphatic carbocycles. The highest BCUT2D eigenvalue weighted by Crippen LogP contribution is 2.34. The topological polar surface area (TPSA) is 57.8 Å².